The molecule has 2 heterocycles. The molecule has 17 heavy (non-hydrogen) atoms. The molecule has 92 valence electrons. The minimum Gasteiger partial charge on any atom is -0.339 e. The van der Waals surface area contributed by atoms with E-state index in [9.17, 15) is 0 Å². The van der Waals surface area contributed by atoms with Crippen molar-refractivity contribution in [3.8, 4) is 10.7 Å². The number of nitrogens with one attached hydrogen (secondary N) is 1. The van der Waals surface area contributed by atoms with Gasteiger partial charge >= 0.3 is 0 Å². The normalized spacial score (nSPS) is 14.8. The molecule has 0 saturated carbocycles. The lowest BCUT2D eigenvalue weighted by atomic mass is 10.00. The first kappa shape index (κ1) is 12.3. The molecule has 4 nitrogen and oxygen atoms in total. The molecule has 2 aromatic heterocycles. The summed E-state index contributed by atoms with van der Waals surface area (Å²) in [6, 6.07) is 4.35. The standard InChI is InChI=1S/C12H17N3OS/c1-4-9(13-3)8(2)12-14-11(15-16-12)10-6-5-7-17-10/h5-9,13H,4H2,1-3H3. The van der Waals surface area contributed by atoms with Gasteiger partial charge in [0.25, 0.3) is 0 Å². The van der Waals surface area contributed by atoms with Gasteiger partial charge in [-0.2, -0.15) is 4.98 Å². The van der Waals surface area contributed by atoms with Crippen molar-refractivity contribution in [1.82, 2.24) is 15.5 Å². The van der Waals surface area contributed by atoms with Crippen LogP contribution in [0.2, 0.25) is 0 Å². The van der Waals surface area contributed by atoms with Gasteiger partial charge in [0, 0.05) is 6.04 Å². The summed E-state index contributed by atoms with van der Waals surface area (Å²) in [5.41, 5.74) is 0. The van der Waals surface area contributed by atoms with E-state index in [2.05, 4.69) is 29.3 Å². The molecule has 0 aromatic carbocycles. The summed E-state index contributed by atoms with van der Waals surface area (Å²) in [6.45, 7) is 4.25. The molecule has 0 aliphatic rings. The highest BCUT2D eigenvalue weighted by molar-refractivity contribution is 7.13. The predicted molar refractivity (Wildman–Crippen MR) is 69.2 cm³/mol. The van der Waals surface area contributed by atoms with E-state index in [-0.39, 0.29) is 5.92 Å². The van der Waals surface area contributed by atoms with Crippen LogP contribution in [0.3, 0.4) is 0 Å². The molecule has 0 amide bonds. The zero-order valence-corrected chi connectivity index (χ0v) is 11.1. The van der Waals surface area contributed by atoms with Gasteiger partial charge in [-0.05, 0) is 24.9 Å². The predicted octanol–water partition coefficient (Wildman–Crippen LogP) is 2.90. The number of aromatic nitrogens is 2. The Morgan fingerprint density at radius 2 is 2.35 bits per heavy atom. The molecule has 2 unspecified atom stereocenters. The highest BCUT2D eigenvalue weighted by Gasteiger charge is 2.22. The third-order valence-electron chi connectivity index (χ3n) is 2.99. The minimum absolute atomic E-state index is 0.228. The molecule has 0 aliphatic heterocycles. The molecule has 0 bridgehead atoms. The maximum atomic E-state index is 5.34. The van der Waals surface area contributed by atoms with Crippen molar-refractivity contribution in [2.75, 3.05) is 7.05 Å². The first-order chi connectivity index (χ1) is 8.26. The quantitative estimate of drug-likeness (QED) is 0.887. The molecule has 2 rings (SSSR count). The zero-order chi connectivity index (χ0) is 12.3. The molecule has 0 fully saturated rings. The topological polar surface area (TPSA) is 51.0 Å². The van der Waals surface area contributed by atoms with Gasteiger partial charge in [-0.25, -0.2) is 0 Å². The van der Waals surface area contributed by atoms with Crippen LogP contribution < -0.4 is 5.32 Å². The number of nitrogens with zero attached hydrogens (tertiary/aromatic N) is 2. The van der Waals surface area contributed by atoms with E-state index in [1.807, 2.05) is 24.6 Å². The van der Waals surface area contributed by atoms with Gasteiger partial charge in [0.2, 0.25) is 11.7 Å². The van der Waals surface area contributed by atoms with Gasteiger partial charge in [-0.3, -0.25) is 0 Å². The Morgan fingerprint density at radius 3 is 2.94 bits per heavy atom. The maximum Gasteiger partial charge on any atom is 0.231 e. The van der Waals surface area contributed by atoms with Gasteiger partial charge < -0.3 is 9.84 Å². The van der Waals surface area contributed by atoms with Gasteiger partial charge in [0.15, 0.2) is 0 Å². The van der Waals surface area contributed by atoms with Crippen LogP contribution in [0.15, 0.2) is 22.0 Å². The molecule has 2 atom stereocenters. The lowest BCUT2D eigenvalue weighted by molar-refractivity contribution is 0.326. The molecule has 1 N–H and O–H groups in total. The fourth-order valence-corrected chi connectivity index (χ4v) is 2.56. The lowest BCUT2D eigenvalue weighted by Crippen LogP contribution is -2.30. The van der Waals surface area contributed by atoms with Crippen molar-refractivity contribution in [2.45, 2.75) is 32.2 Å². The Hall–Kier alpha value is -1.20. The molecular formula is C12H17N3OS. The minimum atomic E-state index is 0.228. The first-order valence-corrected chi connectivity index (χ1v) is 6.69. The molecular weight excluding hydrogens is 234 g/mol. The zero-order valence-electron chi connectivity index (χ0n) is 10.3. The van der Waals surface area contributed by atoms with E-state index in [4.69, 9.17) is 4.52 Å². The monoisotopic (exact) mass is 251 g/mol. The molecule has 0 spiro atoms. The van der Waals surface area contributed by atoms with Gasteiger partial charge in [-0.15, -0.1) is 11.3 Å². The number of rotatable bonds is 5. The van der Waals surface area contributed by atoms with Crippen LogP contribution in [0, 0.1) is 0 Å². The second-order valence-electron chi connectivity index (χ2n) is 4.03. The van der Waals surface area contributed by atoms with Crippen LogP contribution in [0.25, 0.3) is 10.7 Å². The summed E-state index contributed by atoms with van der Waals surface area (Å²) in [5, 5.41) is 9.31. The van der Waals surface area contributed by atoms with Gasteiger partial charge in [0.1, 0.15) is 0 Å². The molecule has 2 aromatic rings. The van der Waals surface area contributed by atoms with E-state index in [1.54, 1.807) is 11.3 Å². The average molecular weight is 251 g/mol. The summed E-state index contributed by atoms with van der Waals surface area (Å²) in [4.78, 5) is 5.51. The smallest absolute Gasteiger partial charge is 0.231 e. The summed E-state index contributed by atoms with van der Waals surface area (Å²) < 4.78 is 5.34. The number of hydrogen-bond donors (Lipinski definition) is 1. The van der Waals surface area contributed by atoms with Crippen LogP contribution in [0.4, 0.5) is 0 Å². The van der Waals surface area contributed by atoms with Crippen molar-refractivity contribution >= 4 is 11.3 Å². The second-order valence-corrected chi connectivity index (χ2v) is 4.97. The fourth-order valence-electron chi connectivity index (χ4n) is 1.91. The van der Waals surface area contributed by atoms with E-state index in [0.717, 1.165) is 11.3 Å². The van der Waals surface area contributed by atoms with Crippen LogP contribution in [0.1, 0.15) is 32.1 Å². The van der Waals surface area contributed by atoms with Crippen molar-refractivity contribution in [3.63, 3.8) is 0 Å². The van der Waals surface area contributed by atoms with Crippen LogP contribution in [0.5, 0.6) is 0 Å². The Morgan fingerprint density at radius 1 is 1.53 bits per heavy atom. The molecule has 0 radical (unpaired) electrons. The summed E-state index contributed by atoms with van der Waals surface area (Å²) in [6.07, 6.45) is 1.04. The molecule has 0 aliphatic carbocycles. The Labute approximate surface area is 105 Å². The Kier molecular flexibility index (Phi) is 3.91. The van der Waals surface area contributed by atoms with Crippen LogP contribution in [-0.2, 0) is 0 Å². The number of likely N-dealkylation sites (N-methyl/N-ethyl adjacent to an activating group) is 1. The maximum absolute atomic E-state index is 5.34. The largest absolute Gasteiger partial charge is 0.339 e. The summed E-state index contributed by atoms with van der Waals surface area (Å²) in [5.74, 6) is 1.62. The van der Waals surface area contributed by atoms with Crippen molar-refractivity contribution in [2.24, 2.45) is 0 Å². The summed E-state index contributed by atoms with van der Waals surface area (Å²) in [7, 11) is 1.96. The SMILES string of the molecule is CCC(NC)C(C)c1nc(-c2cccs2)no1. The van der Waals surface area contributed by atoms with Crippen LogP contribution in [-0.4, -0.2) is 23.2 Å². The number of hydrogen-bond acceptors (Lipinski definition) is 5. The van der Waals surface area contributed by atoms with Gasteiger partial charge in [0.05, 0.1) is 10.8 Å². The van der Waals surface area contributed by atoms with Crippen molar-refractivity contribution in [3.05, 3.63) is 23.4 Å². The third kappa shape index (κ3) is 2.56. The average Bonchev–Trinajstić information content (AvgIpc) is 3.01. The van der Waals surface area contributed by atoms with Gasteiger partial charge in [-0.1, -0.05) is 25.1 Å². The molecule has 0 saturated heterocycles. The second kappa shape index (κ2) is 5.42. The highest BCUT2D eigenvalue weighted by Crippen LogP contribution is 2.25. The van der Waals surface area contributed by atoms with E-state index >= 15 is 0 Å². The van der Waals surface area contributed by atoms with E-state index < -0.39 is 0 Å². The Bertz CT molecular complexity index is 448. The number of thiophene rings is 1. The van der Waals surface area contributed by atoms with E-state index in [0.29, 0.717) is 17.8 Å². The molecule has 5 heteroatoms. The van der Waals surface area contributed by atoms with Crippen molar-refractivity contribution in [1.29, 1.82) is 0 Å². The highest BCUT2D eigenvalue weighted by atomic mass is 32.1. The van der Waals surface area contributed by atoms with Crippen LogP contribution >= 0.6 is 11.3 Å². The van der Waals surface area contributed by atoms with E-state index in [1.165, 1.54) is 0 Å². The Balaban J connectivity index is 2.18. The summed E-state index contributed by atoms with van der Waals surface area (Å²) >= 11 is 1.62. The lowest BCUT2D eigenvalue weighted by Gasteiger charge is -2.18. The fraction of sp³-hybridized carbons (Fsp3) is 0.500. The first-order valence-electron chi connectivity index (χ1n) is 5.81. The third-order valence-corrected chi connectivity index (χ3v) is 3.85. The van der Waals surface area contributed by atoms with Crippen molar-refractivity contribution < 1.29 is 4.52 Å².